The van der Waals surface area contributed by atoms with Gasteiger partial charge in [-0.15, -0.1) is 0 Å². The van der Waals surface area contributed by atoms with Crippen LogP contribution in [-0.4, -0.2) is 31.9 Å². The molecule has 30 heavy (non-hydrogen) atoms. The predicted octanol–water partition coefficient (Wildman–Crippen LogP) is 4.03. The van der Waals surface area contributed by atoms with Gasteiger partial charge in [0.05, 0.1) is 5.69 Å². The van der Waals surface area contributed by atoms with Crippen LogP contribution in [0.4, 0.5) is 11.4 Å². The van der Waals surface area contributed by atoms with Gasteiger partial charge >= 0.3 is 0 Å². The smallest absolute Gasteiger partial charge is 0.266 e. The molecule has 1 heterocycles. The van der Waals surface area contributed by atoms with Crippen LogP contribution in [0.2, 0.25) is 0 Å². The van der Waals surface area contributed by atoms with E-state index in [-0.39, 0.29) is 23.4 Å². The lowest BCUT2D eigenvalue weighted by atomic mass is 10.2. The maximum absolute atomic E-state index is 13.4. The second-order valence-corrected chi connectivity index (χ2v) is 9.09. The molecule has 0 radical (unpaired) electrons. The summed E-state index contributed by atoms with van der Waals surface area (Å²) < 4.78 is 27.9. The van der Waals surface area contributed by atoms with Crippen molar-refractivity contribution in [3.63, 3.8) is 0 Å². The zero-order chi connectivity index (χ0) is 21.7. The molecule has 0 fully saturated rings. The Morgan fingerprint density at radius 3 is 2.17 bits per heavy atom. The number of nitrogens with zero attached hydrogens (tertiary/aromatic N) is 3. The lowest BCUT2D eigenvalue weighted by molar-refractivity contribution is -0.117. The molecule has 0 saturated carbocycles. The molecule has 0 saturated heterocycles. The highest BCUT2D eigenvalue weighted by Crippen LogP contribution is 2.25. The molecule has 156 valence electrons. The van der Waals surface area contributed by atoms with E-state index in [4.69, 9.17) is 0 Å². The third kappa shape index (κ3) is 4.68. The zero-order valence-electron chi connectivity index (χ0n) is 17.3. The number of benzene rings is 2. The summed E-state index contributed by atoms with van der Waals surface area (Å²) in [6, 6.07) is 19.2. The van der Waals surface area contributed by atoms with Gasteiger partial charge < -0.3 is 4.90 Å². The van der Waals surface area contributed by atoms with Crippen molar-refractivity contribution in [2.75, 3.05) is 15.7 Å². The number of rotatable bonds is 7. The monoisotopic (exact) mass is 423 g/mol. The summed E-state index contributed by atoms with van der Waals surface area (Å²) in [7, 11) is -3.98. The van der Waals surface area contributed by atoms with Gasteiger partial charge in [-0.05, 0) is 57.2 Å². The molecule has 3 rings (SSSR count). The number of para-hydroxylation sites is 1. The van der Waals surface area contributed by atoms with Gasteiger partial charge in [0.1, 0.15) is 11.4 Å². The lowest BCUT2D eigenvalue weighted by Crippen LogP contribution is -2.46. The number of pyridine rings is 1. The SMILES string of the molecule is Cc1ccc(N(CC(=O)N(c2ccccc2)C(C)C)S(=O)(=O)c2cccnc2)cc1. The normalized spacial score (nSPS) is 11.3. The summed E-state index contributed by atoms with van der Waals surface area (Å²) in [6.07, 6.45) is 2.80. The molecule has 2 aromatic carbocycles. The highest BCUT2D eigenvalue weighted by atomic mass is 32.2. The Hall–Kier alpha value is -3.19. The highest BCUT2D eigenvalue weighted by Gasteiger charge is 2.30. The Morgan fingerprint density at radius 1 is 0.933 bits per heavy atom. The van der Waals surface area contributed by atoms with Crippen LogP contribution in [0.15, 0.2) is 84.0 Å². The molecule has 0 N–H and O–H groups in total. The molecule has 0 aliphatic rings. The van der Waals surface area contributed by atoms with Gasteiger partial charge in [-0.2, -0.15) is 0 Å². The van der Waals surface area contributed by atoms with Crippen LogP contribution in [0.5, 0.6) is 0 Å². The van der Waals surface area contributed by atoms with Gasteiger partial charge in [0.25, 0.3) is 10.0 Å². The van der Waals surface area contributed by atoms with Crippen molar-refractivity contribution in [1.82, 2.24) is 4.98 Å². The molecule has 0 aliphatic carbocycles. The highest BCUT2D eigenvalue weighted by molar-refractivity contribution is 7.92. The summed E-state index contributed by atoms with van der Waals surface area (Å²) in [5, 5.41) is 0. The van der Waals surface area contributed by atoms with Gasteiger partial charge in [0, 0.05) is 24.1 Å². The number of anilines is 2. The van der Waals surface area contributed by atoms with Crippen LogP contribution >= 0.6 is 0 Å². The van der Waals surface area contributed by atoms with Crippen molar-refractivity contribution in [2.45, 2.75) is 31.7 Å². The van der Waals surface area contributed by atoms with E-state index in [1.165, 1.54) is 18.5 Å². The first-order chi connectivity index (χ1) is 14.3. The van der Waals surface area contributed by atoms with E-state index in [0.717, 1.165) is 15.6 Å². The molecule has 0 spiro atoms. The summed E-state index contributed by atoms with van der Waals surface area (Å²) >= 11 is 0. The van der Waals surface area contributed by atoms with Crippen LogP contribution < -0.4 is 9.21 Å². The van der Waals surface area contributed by atoms with E-state index >= 15 is 0 Å². The minimum absolute atomic E-state index is 0.0363. The Bertz CT molecular complexity index is 1080. The number of sulfonamides is 1. The molecule has 1 aromatic heterocycles. The number of hydrogen-bond acceptors (Lipinski definition) is 4. The van der Waals surface area contributed by atoms with Crippen LogP contribution in [0, 0.1) is 6.92 Å². The average molecular weight is 424 g/mol. The maximum atomic E-state index is 13.4. The Morgan fingerprint density at radius 2 is 1.60 bits per heavy atom. The number of carbonyl (C=O) groups excluding carboxylic acids is 1. The van der Waals surface area contributed by atoms with Crippen molar-refractivity contribution < 1.29 is 13.2 Å². The van der Waals surface area contributed by atoms with E-state index < -0.39 is 10.0 Å². The van der Waals surface area contributed by atoms with E-state index in [1.807, 2.05) is 63.2 Å². The first kappa shape index (κ1) is 21.5. The molecule has 0 atom stereocenters. The first-order valence-corrected chi connectivity index (χ1v) is 11.1. The minimum Gasteiger partial charge on any atom is -0.308 e. The minimum atomic E-state index is -3.98. The van der Waals surface area contributed by atoms with Crippen molar-refractivity contribution in [3.8, 4) is 0 Å². The summed E-state index contributed by atoms with van der Waals surface area (Å²) in [5.74, 6) is -0.316. The Kier molecular flexibility index (Phi) is 6.52. The summed E-state index contributed by atoms with van der Waals surface area (Å²) in [4.78, 5) is 18.9. The first-order valence-electron chi connectivity index (χ1n) is 9.67. The van der Waals surface area contributed by atoms with Gasteiger partial charge in [-0.1, -0.05) is 35.9 Å². The molecular formula is C23H25N3O3S. The van der Waals surface area contributed by atoms with Crippen LogP contribution in [0.3, 0.4) is 0 Å². The number of aromatic nitrogens is 1. The number of aryl methyl sites for hydroxylation is 1. The summed E-state index contributed by atoms with van der Waals surface area (Å²) in [6.45, 7) is 5.39. The van der Waals surface area contributed by atoms with Gasteiger partial charge in [0.15, 0.2) is 0 Å². The number of hydrogen-bond donors (Lipinski definition) is 0. The summed E-state index contributed by atoms with van der Waals surface area (Å²) in [5.41, 5.74) is 2.14. The van der Waals surface area contributed by atoms with E-state index in [9.17, 15) is 13.2 Å². The molecule has 0 bridgehead atoms. The zero-order valence-corrected chi connectivity index (χ0v) is 18.1. The number of amides is 1. The van der Waals surface area contributed by atoms with Crippen LogP contribution in [-0.2, 0) is 14.8 Å². The van der Waals surface area contributed by atoms with Crippen molar-refractivity contribution in [1.29, 1.82) is 0 Å². The largest absolute Gasteiger partial charge is 0.308 e. The molecule has 0 aliphatic heterocycles. The van der Waals surface area contributed by atoms with E-state index in [1.54, 1.807) is 23.1 Å². The molecule has 7 heteroatoms. The quantitative estimate of drug-likeness (QED) is 0.575. The molecular weight excluding hydrogens is 398 g/mol. The maximum Gasteiger partial charge on any atom is 0.266 e. The Balaban J connectivity index is 2.02. The Labute approximate surface area is 177 Å². The standard InChI is InChI=1S/C23H25N3O3S/c1-18(2)26(21-8-5-4-6-9-21)23(27)17-25(20-13-11-19(3)12-14-20)30(28,29)22-10-7-15-24-16-22/h4-16,18H,17H2,1-3H3. The third-order valence-electron chi connectivity index (χ3n) is 4.64. The third-order valence-corrected chi connectivity index (χ3v) is 6.40. The van der Waals surface area contributed by atoms with Crippen molar-refractivity contribution in [3.05, 3.63) is 84.7 Å². The van der Waals surface area contributed by atoms with Gasteiger partial charge in [0.2, 0.25) is 5.91 Å². The molecule has 6 nitrogen and oxygen atoms in total. The topological polar surface area (TPSA) is 70.6 Å². The molecule has 3 aromatic rings. The fraction of sp³-hybridized carbons (Fsp3) is 0.217. The predicted molar refractivity (Wildman–Crippen MR) is 119 cm³/mol. The lowest BCUT2D eigenvalue weighted by Gasteiger charge is -2.31. The molecule has 0 unspecified atom stereocenters. The van der Waals surface area contributed by atoms with E-state index in [2.05, 4.69) is 4.98 Å². The fourth-order valence-corrected chi connectivity index (χ4v) is 4.55. The fourth-order valence-electron chi connectivity index (χ4n) is 3.17. The second-order valence-electron chi connectivity index (χ2n) is 7.23. The second kappa shape index (κ2) is 9.09. The number of carbonyl (C=O) groups is 1. The van der Waals surface area contributed by atoms with Gasteiger partial charge in [-0.25, -0.2) is 8.42 Å². The average Bonchev–Trinajstić information content (AvgIpc) is 2.74. The van der Waals surface area contributed by atoms with Crippen LogP contribution in [0.1, 0.15) is 19.4 Å². The van der Waals surface area contributed by atoms with Crippen molar-refractivity contribution >= 4 is 27.3 Å². The molecule has 1 amide bonds. The van der Waals surface area contributed by atoms with Crippen molar-refractivity contribution in [2.24, 2.45) is 0 Å². The van der Waals surface area contributed by atoms with Crippen LogP contribution in [0.25, 0.3) is 0 Å². The van der Waals surface area contributed by atoms with E-state index in [0.29, 0.717) is 5.69 Å². The van der Waals surface area contributed by atoms with Gasteiger partial charge in [-0.3, -0.25) is 14.1 Å².